The summed E-state index contributed by atoms with van der Waals surface area (Å²) < 4.78 is 0. The maximum Gasteiger partial charge on any atom is 0.318 e. The van der Waals surface area contributed by atoms with Crippen LogP contribution in [0.15, 0.2) is 0 Å². The molecule has 2 heterocycles. The van der Waals surface area contributed by atoms with Crippen molar-refractivity contribution in [2.75, 3.05) is 19.6 Å². The molecule has 7 nitrogen and oxygen atoms in total. The first-order valence-electron chi connectivity index (χ1n) is 6.64. The summed E-state index contributed by atoms with van der Waals surface area (Å²) in [6.07, 6.45) is 2.76. The molecule has 2 rings (SSSR count). The van der Waals surface area contributed by atoms with Crippen molar-refractivity contribution < 1.29 is 19.5 Å². The molecule has 3 amide bonds. The molecule has 2 saturated heterocycles. The number of rotatable bonds is 2. The van der Waals surface area contributed by atoms with Crippen molar-refractivity contribution in [3.63, 3.8) is 0 Å². The summed E-state index contributed by atoms with van der Waals surface area (Å²) in [5.41, 5.74) is 0. The van der Waals surface area contributed by atoms with E-state index in [1.807, 2.05) is 0 Å². The topological polar surface area (TPSA) is 98.7 Å². The van der Waals surface area contributed by atoms with E-state index in [2.05, 4.69) is 10.6 Å². The minimum atomic E-state index is -0.868. The zero-order valence-electron chi connectivity index (χ0n) is 10.7. The number of hydrogen-bond acceptors (Lipinski definition) is 3. The van der Waals surface area contributed by atoms with Gasteiger partial charge in [-0.3, -0.25) is 9.59 Å². The van der Waals surface area contributed by atoms with Crippen molar-refractivity contribution in [1.29, 1.82) is 0 Å². The molecular weight excluding hydrogens is 250 g/mol. The van der Waals surface area contributed by atoms with Gasteiger partial charge in [-0.2, -0.15) is 0 Å². The van der Waals surface area contributed by atoms with Crippen LogP contribution in [0.3, 0.4) is 0 Å². The summed E-state index contributed by atoms with van der Waals surface area (Å²) in [6, 6.07) is -0.834. The fourth-order valence-corrected chi connectivity index (χ4v) is 2.51. The third-order valence-electron chi connectivity index (χ3n) is 3.64. The largest absolute Gasteiger partial charge is 0.481 e. The van der Waals surface area contributed by atoms with E-state index in [1.54, 1.807) is 0 Å². The van der Waals surface area contributed by atoms with Crippen LogP contribution in [0, 0.1) is 5.92 Å². The Balaban J connectivity index is 1.88. The van der Waals surface area contributed by atoms with Gasteiger partial charge in [0, 0.05) is 19.6 Å². The van der Waals surface area contributed by atoms with Gasteiger partial charge in [-0.15, -0.1) is 0 Å². The van der Waals surface area contributed by atoms with Crippen molar-refractivity contribution in [2.45, 2.75) is 31.7 Å². The van der Waals surface area contributed by atoms with Gasteiger partial charge in [0.15, 0.2) is 0 Å². The number of nitrogens with one attached hydrogen (secondary N) is 2. The molecule has 0 aromatic carbocycles. The second-order valence-corrected chi connectivity index (χ2v) is 5.06. The first-order valence-corrected chi connectivity index (χ1v) is 6.64. The zero-order chi connectivity index (χ0) is 13.8. The molecule has 106 valence electrons. The highest BCUT2D eigenvalue weighted by Gasteiger charge is 2.30. The minimum Gasteiger partial charge on any atom is -0.481 e. The Hall–Kier alpha value is -1.79. The summed E-state index contributed by atoms with van der Waals surface area (Å²) >= 11 is 0. The molecule has 0 spiro atoms. The first-order chi connectivity index (χ1) is 9.08. The van der Waals surface area contributed by atoms with Crippen molar-refractivity contribution in [1.82, 2.24) is 15.5 Å². The molecule has 0 aromatic rings. The van der Waals surface area contributed by atoms with Crippen molar-refractivity contribution in [2.24, 2.45) is 5.92 Å². The number of likely N-dealkylation sites (tertiary alicyclic amines) is 1. The first kappa shape index (κ1) is 13.6. The lowest BCUT2D eigenvalue weighted by Gasteiger charge is -2.32. The van der Waals surface area contributed by atoms with Gasteiger partial charge in [-0.1, -0.05) is 0 Å². The monoisotopic (exact) mass is 269 g/mol. The van der Waals surface area contributed by atoms with E-state index in [4.69, 9.17) is 5.11 Å². The van der Waals surface area contributed by atoms with Crippen LogP contribution in [0.4, 0.5) is 4.79 Å². The molecule has 19 heavy (non-hydrogen) atoms. The number of piperidine rings is 2. The molecule has 2 atom stereocenters. The van der Waals surface area contributed by atoms with Gasteiger partial charge >= 0.3 is 12.0 Å². The van der Waals surface area contributed by atoms with Crippen LogP contribution in [0.5, 0.6) is 0 Å². The summed E-state index contributed by atoms with van der Waals surface area (Å²) in [5.74, 6) is -1.53. The number of amides is 3. The highest BCUT2D eigenvalue weighted by Crippen LogP contribution is 2.17. The highest BCUT2D eigenvalue weighted by molar-refractivity contribution is 5.87. The summed E-state index contributed by atoms with van der Waals surface area (Å²) in [6.45, 7) is 1.41. The van der Waals surface area contributed by atoms with Crippen molar-refractivity contribution in [3.05, 3.63) is 0 Å². The van der Waals surface area contributed by atoms with E-state index in [-0.39, 0.29) is 18.5 Å². The van der Waals surface area contributed by atoms with Crippen LogP contribution in [0.1, 0.15) is 25.7 Å². The SMILES string of the molecule is O=C1NCCCC1NC(=O)N1CCC[C@@H](C(=O)O)C1. The van der Waals surface area contributed by atoms with Gasteiger partial charge < -0.3 is 20.6 Å². The number of carbonyl (C=O) groups excluding carboxylic acids is 2. The normalized spacial score (nSPS) is 27.6. The van der Waals surface area contributed by atoms with Crippen LogP contribution in [0.2, 0.25) is 0 Å². The molecule has 0 aliphatic carbocycles. The van der Waals surface area contributed by atoms with Crippen molar-refractivity contribution in [3.8, 4) is 0 Å². The molecule has 0 saturated carbocycles. The Morgan fingerprint density at radius 3 is 2.79 bits per heavy atom. The molecule has 0 aromatic heterocycles. The number of hydrogen-bond donors (Lipinski definition) is 3. The lowest BCUT2D eigenvalue weighted by molar-refractivity contribution is -0.143. The van der Waals surface area contributed by atoms with Crippen molar-refractivity contribution >= 4 is 17.9 Å². The van der Waals surface area contributed by atoms with Gasteiger partial charge in [-0.05, 0) is 25.7 Å². The van der Waals surface area contributed by atoms with Crippen LogP contribution in [-0.4, -0.2) is 53.6 Å². The summed E-state index contributed by atoms with van der Waals surface area (Å²) in [7, 11) is 0. The molecule has 3 N–H and O–H groups in total. The molecule has 0 radical (unpaired) electrons. The highest BCUT2D eigenvalue weighted by atomic mass is 16.4. The Morgan fingerprint density at radius 1 is 1.32 bits per heavy atom. The Labute approximate surface area is 111 Å². The van der Waals surface area contributed by atoms with E-state index in [0.29, 0.717) is 32.4 Å². The van der Waals surface area contributed by atoms with Crippen LogP contribution in [0.25, 0.3) is 0 Å². The van der Waals surface area contributed by atoms with Gasteiger partial charge in [0.2, 0.25) is 5.91 Å². The second kappa shape index (κ2) is 5.90. The molecule has 0 bridgehead atoms. The Kier molecular flexibility index (Phi) is 4.24. The van der Waals surface area contributed by atoms with E-state index in [1.165, 1.54) is 4.90 Å². The quantitative estimate of drug-likeness (QED) is 0.645. The van der Waals surface area contributed by atoms with Crippen LogP contribution >= 0.6 is 0 Å². The number of carbonyl (C=O) groups is 3. The maximum atomic E-state index is 12.0. The van der Waals surface area contributed by atoms with Gasteiger partial charge in [0.25, 0.3) is 0 Å². The molecule has 2 aliphatic heterocycles. The predicted molar refractivity (Wildman–Crippen MR) is 66.5 cm³/mol. The molecule has 7 heteroatoms. The van der Waals surface area contributed by atoms with Crippen LogP contribution < -0.4 is 10.6 Å². The molecule has 2 fully saturated rings. The van der Waals surface area contributed by atoms with E-state index >= 15 is 0 Å². The Bertz CT molecular complexity index is 385. The standard InChI is InChI=1S/C12H19N3O4/c16-10-9(4-1-5-13-10)14-12(19)15-6-2-3-8(7-15)11(17)18/h8-9H,1-7H2,(H,13,16)(H,14,19)(H,17,18)/t8-,9?/m1/s1. The Morgan fingerprint density at radius 2 is 2.11 bits per heavy atom. The minimum absolute atomic E-state index is 0.161. The average molecular weight is 269 g/mol. The third-order valence-corrected chi connectivity index (χ3v) is 3.64. The van der Waals surface area contributed by atoms with Gasteiger partial charge in [0.05, 0.1) is 5.92 Å². The lowest BCUT2D eigenvalue weighted by Crippen LogP contribution is -2.55. The summed E-state index contributed by atoms with van der Waals surface area (Å²) in [5, 5.41) is 14.4. The summed E-state index contributed by atoms with van der Waals surface area (Å²) in [4.78, 5) is 36.0. The smallest absolute Gasteiger partial charge is 0.318 e. The fraction of sp³-hybridized carbons (Fsp3) is 0.750. The fourth-order valence-electron chi connectivity index (χ4n) is 2.51. The van der Waals surface area contributed by atoms with E-state index in [0.717, 1.165) is 6.42 Å². The molecular formula is C12H19N3O4. The van der Waals surface area contributed by atoms with Crippen LogP contribution in [-0.2, 0) is 9.59 Å². The van der Waals surface area contributed by atoms with E-state index < -0.39 is 17.9 Å². The number of urea groups is 1. The predicted octanol–water partition coefficient (Wildman–Crippen LogP) is -0.229. The second-order valence-electron chi connectivity index (χ2n) is 5.06. The number of aliphatic carboxylic acids is 1. The van der Waals surface area contributed by atoms with E-state index in [9.17, 15) is 14.4 Å². The average Bonchev–Trinajstić information content (AvgIpc) is 2.41. The molecule has 2 aliphatic rings. The number of carboxylic acid groups (broad SMARTS) is 1. The third kappa shape index (κ3) is 3.36. The zero-order valence-corrected chi connectivity index (χ0v) is 10.7. The number of carboxylic acids is 1. The lowest BCUT2D eigenvalue weighted by atomic mass is 9.98. The maximum absolute atomic E-state index is 12.0. The van der Waals surface area contributed by atoms with Gasteiger partial charge in [-0.25, -0.2) is 4.79 Å². The molecule has 1 unspecified atom stereocenters. The van der Waals surface area contributed by atoms with Gasteiger partial charge in [0.1, 0.15) is 6.04 Å². The number of nitrogens with zero attached hydrogens (tertiary/aromatic N) is 1.